The summed E-state index contributed by atoms with van der Waals surface area (Å²) in [4.78, 5) is 12.6. The molecule has 4 nitrogen and oxygen atoms in total. The standard InChI is InChI=1S/C9H15F2NO3/c10-8(11)6-12(3-4-13)9(14)7-2-1-5-15-7/h7-8,13H,1-6H2. The highest BCUT2D eigenvalue weighted by molar-refractivity contribution is 5.81. The summed E-state index contributed by atoms with van der Waals surface area (Å²) in [5.74, 6) is -0.443. The van der Waals surface area contributed by atoms with Crippen molar-refractivity contribution in [1.82, 2.24) is 4.90 Å². The van der Waals surface area contributed by atoms with Gasteiger partial charge in [-0.25, -0.2) is 8.78 Å². The molecule has 0 aromatic rings. The van der Waals surface area contributed by atoms with Gasteiger partial charge in [0.05, 0.1) is 13.2 Å². The molecule has 88 valence electrons. The van der Waals surface area contributed by atoms with Crippen LogP contribution < -0.4 is 0 Å². The van der Waals surface area contributed by atoms with Crippen LogP contribution in [0.2, 0.25) is 0 Å². The lowest BCUT2D eigenvalue weighted by Gasteiger charge is -2.23. The van der Waals surface area contributed by atoms with Crippen LogP contribution in [0.3, 0.4) is 0 Å². The van der Waals surface area contributed by atoms with Gasteiger partial charge in [-0.15, -0.1) is 0 Å². The van der Waals surface area contributed by atoms with Crippen molar-refractivity contribution in [2.45, 2.75) is 25.4 Å². The maximum Gasteiger partial charge on any atom is 0.255 e. The van der Waals surface area contributed by atoms with Crippen molar-refractivity contribution in [3.8, 4) is 0 Å². The molecule has 6 heteroatoms. The smallest absolute Gasteiger partial charge is 0.255 e. The zero-order valence-corrected chi connectivity index (χ0v) is 8.36. The second-order valence-electron chi connectivity index (χ2n) is 3.40. The Bertz CT molecular complexity index is 208. The van der Waals surface area contributed by atoms with E-state index in [4.69, 9.17) is 9.84 Å². The normalized spacial score (nSPS) is 20.9. The van der Waals surface area contributed by atoms with Gasteiger partial charge in [0.25, 0.3) is 12.3 Å². The van der Waals surface area contributed by atoms with Crippen LogP contribution in [0.15, 0.2) is 0 Å². The number of ether oxygens (including phenoxy) is 1. The Labute approximate surface area is 86.8 Å². The third kappa shape index (κ3) is 3.71. The second kappa shape index (κ2) is 5.97. The molecule has 1 aliphatic heterocycles. The fourth-order valence-electron chi connectivity index (χ4n) is 1.55. The molecule has 1 amide bonds. The topological polar surface area (TPSA) is 49.8 Å². The SMILES string of the molecule is O=C(C1CCCO1)N(CCO)CC(F)F. The summed E-state index contributed by atoms with van der Waals surface area (Å²) in [6, 6.07) is 0. The predicted molar refractivity (Wildman–Crippen MR) is 48.6 cm³/mol. The Morgan fingerprint density at radius 3 is 2.80 bits per heavy atom. The number of alkyl halides is 2. The van der Waals surface area contributed by atoms with E-state index in [0.717, 1.165) is 11.3 Å². The molecule has 0 saturated carbocycles. The van der Waals surface area contributed by atoms with Gasteiger partial charge in [0.1, 0.15) is 6.10 Å². The van der Waals surface area contributed by atoms with Gasteiger partial charge >= 0.3 is 0 Å². The van der Waals surface area contributed by atoms with Crippen molar-refractivity contribution in [2.75, 3.05) is 26.3 Å². The van der Waals surface area contributed by atoms with E-state index in [0.29, 0.717) is 13.0 Å². The van der Waals surface area contributed by atoms with Crippen LogP contribution >= 0.6 is 0 Å². The van der Waals surface area contributed by atoms with E-state index in [1.807, 2.05) is 0 Å². The van der Waals surface area contributed by atoms with Gasteiger partial charge in [-0.3, -0.25) is 4.79 Å². The molecule has 1 saturated heterocycles. The fourth-order valence-corrected chi connectivity index (χ4v) is 1.55. The monoisotopic (exact) mass is 223 g/mol. The molecular weight excluding hydrogens is 208 g/mol. The first kappa shape index (κ1) is 12.3. The summed E-state index contributed by atoms with van der Waals surface area (Å²) < 4.78 is 29.4. The van der Waals surface area contributed by atoms with E-state index in [-0.39, 0.29) is 13.2 Å². The van der Waals surface area contributed by atoms with E-state index < -0.39 is 25.0 Å². The van der Waals surface area contributed by atoms with Crippen molar-refractivity contribution in [1.29, 1.82) is 0 Å². The number of carbonyl (C=O) groups excluding carboxylic acids is 1. The summed E-state index contributed by atoms with van der Waals surface area (Å²) in [5, 5.41) is 8.66. The summed E-state index contributed by atoms with van der Waals surface area (Å²) in [7, 11) is 0. The van der Waals surface area contributed by atoms with Crippen molar-refractivity contribution >= 4 is 5.91 Å². The first-order valence-corrected chi connectivity index (χ1v) is 4.94. The molecule has 1 heterocycles. The van der Waals surface area contributed by atoms with Crippen LogP contribution in [0, 0.1) is 0 Å². The number of hydrogen-bond donors (Lipinski definition) is 1. The van der Waals surface area contributed by atoms with Gasteiger partial charge < -0.3 is 14.7 Å². The molecule has 0 bridgehead atoms. The summed E-state index contributed by atoms with van der Waals surface area (Å²) in [5.41, 5.74) is 0. The minimum atomic E-state index is -2.58. The molecule has 1 atom stereocenters. The molecule has 0 spiro atoms. The van der Waals surface area contributed by atoms with E-state index >= 15 is 0 Å². The average molecular weight is 223 g/mol. The maximum absolute atomic E-state index is 12.1. The zero-order valence-electron chi connectivity index (χ0n) is 8.36. The number of hydrogen-bond acceptors (Lipinski definition) is 3. The van der Waals surface area contributed by atoms with Crippen molar-refractivity contribution < 1.29 is 23.4 Å². The van der Waals surface area contributed by atoms with Gasteiger partial charge in [-0.2, -0.15) is 0 Å². The molecule has 0 aliphatic carbocycles. The highest BCUT2D eigenvalue weighted by Gasteiger charge is 2.29. The molecule has 15 heavy (non-hydrogen) atoms. The van der Waals surface area contributed by atoms with Crippen LogP contribution in [-0.4, -0.2) is 54.7 Å². The Morgan fingerprint density at radius 1 is 1.60 bits per heavy atom. The first-order chi connectivity index (χ1) is 7.15. The Kier molecular flexibility index (Phi) is 4.90. The zero-order chi connectivity index (χ0) is 11.3. The molecule has 0 radical (unpaired) electrons. The molecule has 1 aliphatic rings. The van der Waals surface area contributed by atoms with E-state index in [2.05, 4.69) is 0 Å². The van der Waals surface area contributed by atoms with Gasteiger partial charge in [-0.1, -0.05) is 0 Å². The lowest BCUT2D eigenvalue weighted by atomic mass is 10.2. The number of carbonyl (C=O) groups is 1. The molecule has 0 aromatic heterocycles. The minimum absolute atomic E-state index is 0.0664. The second-order valence-corrected chi connectivity index (χ2v) is 3.40. The Balaban J connectivity index is 2.49. The summed E-state index contributed by atoms with van der Waals surface area (Å²) in [6.07, 6.45) is -1.83. The Hall–Kier alpha value is -0.750. The molecule has 1 N–H and O–H groups in total. The molecule has 0 aromatic carbocycles. The van der Waals surface area contributed by atoms with Gasteiger partial charge in [0, 0.05) is 13.2 Å². The predicted octanol–water partition coefficient (Wildman–Crippen LogP) is 0.251. The largest absolute Gasteiger partial charge is 0.395 e. The van der Waals surface area contributed by atoms with Crippen molar-refractivity contribution in [3.05, 3.63) is 0 Å². The van der Waals surface area contributed by atoms with Crippen LogP contribution in [-0.2, 0) is 9.53 Å². The van der Waals surface area contributed by atoms with Crippen molar-refractivity contribution in [3.63, 3.8) is 0 Å². The van der Waals surface area contributed by atoms with Crippen LogP contribution in [0.1, 0.15) is 12.8 Å². The number of rotatable bonds is 5. The van der Waals surface area contributed by atoms with Gasteiger partial charge in [0.2, 0.25) is 0 Å². The summed E-state index contributed by atoms with van der Waals surface area (Å²) in [6.45, 7) is -0.522. The van der Waals surface area contributed by atoms with Crippen LogP contribution in [0.25, 0.3) is 0 Å². The molecule has 1 fully saturated rings. The fraction of sp³-hybridized carbons (Fsp3) is 0.889. The third-order valence-electron chi connectivity index (χ3n) is 2.25. The van der Waals surface area contributed by atoms with E-state index in [1.165, 1.54) is 0 Å². The van der Waals surface area contributed by atoms with Gasteiger partial charge in [0.15, 0.2) is 0 Å². The highest BCUT2D eigenvalue weighted by atomic mass is 19.3. The molecule has 1 unspecified atom stereocenters. The molecular formula is C9H15F2NO3. The summed E-state index contributed by atoms with van der Waals surface area (Å²) >= 11 is 0. The number of halogens is 2. The highest BCUT2D eigenvalue weighted by Crippen LogP contribution is 2.15. The molecule has 1 rings (SSSR count). The number of amides is 1. The number of nitrogens with zero attached hydrogens (tertiary/aromatic N) is 1. The quantitative estimate of drug-likeness (QED) is 0.727. The third-order valence-corrected chi connectivity index (χ3v) is 2.25. The Morgan fingerprint density at radius 2 is 2.33 bits per heavy atom. The van der Waals surface area contributed by atoms with E-state index in [9.17, 15) is 13.6 Å². The number of aliphatic hydroxyl groups is 1. The minimum Gasteiger partial charge on any atom is -0.395 e. The van der Waals surface area contributed by atoms with E-state index in [1.54, 1.807) is 0 Å². The van der Waals surface area contributed by atoms with Crippen LogP contribution in [0.5, 0.6) is 0 Å². The van der Waals surface area contributed by atoms with Gasteiger partial charge in [-0.05, 0) is 12.8 Å². The van der Waals surface area contributed by atoms with Crippen molar-refractivity contribution in [2.24, 2.45) is 0 Å². The lowest BCUT2D eigenvalue weighted by molar-refractivity contribution is -0.143. The first-order valence-electron chi connectivity index (χ1n) is 4.94. The maximum atomic E-state index is 12.1. The van der Waals surface area contributed by atoms with Crippen LogP contribution in [0.4, 0.5) is 8.78 Å². The number of aliphatic hydroxyl groups excluding tert-OH is 1. The lowest BCUT2D eigenvalue weighted by Crippen LogP contribution is -2.43. The average Bonchev–Trinajstić information content (AvgIpc) is 2.68.